The summed E-state index contributed by atoms with van der Waals surface area (Å²) >= 11 is 5.81. The van der Waals surface area contributed by atoms with E-state index in [1.807, 2.05) is 13.0 Å². The fraction of sp³-hybridized carbons (Fsp3) is 0.211. The molecule has 1 unspecified atom stereocenters. The van der Waals surface area contributed by atoms with Crippen LogP contribution in [0.25, 0.3) is 10.9 Å². The number of aliphatic hydroxyl groups is 1. The summed E-state index contributed by atoms with van der Waals surface area (Å²) in [4.78, 5) is 28.9. The zero-order valence-corrected chi connectivity index (χ0v) is 14.9. The number of amides is 1. The molecule has 2 N–H and O–H groups in total. The number of halogens is 1. The highest BCUT2D eigenvalue weighted by Gasteiger charge is 2.12. The highest BCUT2D eigenvalue weighted by Crippen LogP contribution is 2.15. The maximum atomic E-state index is 12.5. The molecule has 134 valence electrons. The molecule has 1 amide bonds. The van der Waals surface area contributed by atoms with Crippen LogP contribution in [0.4, 0.5) is 0 Å². The lowest BCUT2D eigenvalue weighted by atomic mass is 10.1. The number of carbonyl (C=O) groups excluding carboxylic acids is 1. The third kappa shape index (κ3) is 3.92. The van der Waals surface area contributed by atoms with Crippen molar-refractivity contribution in [3.05, 3.63) is 75.3 Å². The summed E-state index contributed by atoms with van der Waals surface area (Å²) in [6.07, 6.45) is 0.512. The van der Waals surface area contributed by atoms with E-state index in [1.165, 1.54) is 10.9 Å². The minimum Gasteiger partial charge on any atom is -0.387 e. The number of hydrogen-bond acceptors (Lipinski definition) is 4. The molecule has 0 aliphatic heterocycles. The van der Waals surface area contributed by atoms with Crippen molar-refractivity contribution in [2.24, 2.45) is 0 Å². The number of nitrogens with zero attached hydrogens (tertiary/aromatic N) is 2. The van der Waals surface area contributed by atoms with Crippen LogP contribution >= 0.6 is 11.6 Å². The fourth-order valence-corrected chi connectivity index (χ4v) is 2.80. The van der Waals surface area contributed by atoms with Gasteiger partial charge in [-0.3, -0.25) is 14.2 Å². The smallest absolute Gasteiger partial charge is 0.261 e. The summed E-state index contributed by atoms with van der Waals surface area (Å²) in [5.74, 6) is -0.381. The summed E-state index contributed by atoms with van der Waals surface area (Å²) in [6, 6.07) is 12.1. The largest absolute Gasteiger partial charge is 0.387 e. The van der Waals surface area contributed by atoms with Gasteiger partial charge in [0.05, 0.1) is 23.3 Å². The Kier molecular flexibility index (Phi) is 5.35. The van der Waals surface area contributed by atoms with E-state index < -0.39 is 6.10 Å². The zero-order chi connectivity index (χ0) is 18.7. The zero-order valence-electron chi connectivity index (χ0n) is 14.1. The Morgan fingerprint density at radius 2 is 2.00 bits per heavy atom. The van der Waals surface area contributed by atoms with Crippen LogP contribution in [0.15, 0.2) is 53.6 Å². The molecule has 0 radical (unpaired) electrons. The molecule has 2 aromatic carbocycles. The molecule has 0 saturated carbocycles. The third-order valence-corrected chi connectivity index (χ3v) is 4.37. The number of nitrogens with one attached hydrogen (secondary N) is 1. The number of carbonyl (C=O) groups is 1. The molecule has 26 heavy (non-hydrogen) atoms. The first-order chi connectivity index (χ1) is 12.5. The van der Waals surface area contributed by atoms with Gasteiger partial charge in [-0.2, -0.15) is 0 Å². The molecule has 1 aromatic heterocycles. The van der Waals surface area contributed by atoms with Crippen molar-refractivity contribution in [3.8, 4) is 0 Å². The van der Waals surface area contributed by atoms with Crippen LogP contribution in [0.5, 0.6) is 0 Å². The number of aromatic nitrogens is 2. The average molecular weight is 372 g/mol. The van der Waals surface area contributed by atoms with Gasteiger partial charge in [0.2, 0.25) is 5.91 Å². The summed E-state index contributed by atoms with van der Waals surface area (Å²) in [7, 11) is 0. The third-order valence-electron chi connectivity index (χ3n) is 4.12. The molecule has 6 nitrogen and oxygen atoms in total. The van der Waals surface area contributed by atoms with E-state index in [9.17, 15) is 14.7 Å². The number of aryl methyl sites for hydroxylation is 1. The number of benzene rings is 2. The maximum Gasteiger partial charge on any atom is 0.261 e. The van der Waals surface area contributed by atoms with Gasteiger partial charge in [-0.05, 0) is 36.2 Å². The van der Waals surface area contributed by atoms with Gasteiger partial charge in [0.1, 0.15) is 6.54 Å². The number of hydrogen-bond donors (Lipinski definition) is 2. The molecule has 0 saturated heterocycles. The van der Waals surface area contributed by atoms with Crippen LogP contribution < -0.4 is 10.9 Å². The van der Waals surface area contributed by atoms with Crippen LogP contribution in [-0.2, 0) is 11.3 Å². The SMILES string of the molecule is Cc1cccc2c(=O)n(CC(=O)NCC(O)c3ccc(Cl)cc3)cnc12. The van der Waals surface area contributed by atoms with Crippen molar-refractivity contribution >= 4 is 28.4 Å². The summed E-state index contributed by atoms with van der Waals surface area (Å²) in [5.41, 5.74) is 1.91. The topological polar surface area (TPSA) is 84.2 Å². The van der Waals surface area contributed by atoms with E-state index in [4.69, 9.17) is 11.6 Å². The van der Waals surface area contributed by atoms with E-state index >= 15 is 0 Å². The predicted molar refractivity (Wildman–Crippen MR) is 100 cm³/mol. The Labute approximate surface area is 155 Å². The van der Waals surface area contributed by atoms with Crippen molar-refractivity contribution < 1.29 is 9.90 Å². The normalized spacial score (nSPS) is 12.1. The lowest BCUT2D eigenvalue weighted by Gasteiger charge is -2.13. The molecule has 0 aliphatic carbocycles. The molecule has 0 fully saturated rings. The van der Waals surface area contributed by atoms with Gasteiger partial charge in [0.25, 0.3) is 5.56 Å². The van der Waals surface area contributed by atoms with E-state index in [1.54, 1.807) is 36.4 Å². The lowest BCUT2D eigenvalue weighted by molar-refractivity contribution is -0.122. The summed E-state index contributed by atoms with van der Waals surface area (Å²) in [6.45, 7) is 1.75. The van der Waals surface area contributed by atoms with Crippen LogP contribution in [0, 0.1) is 6.92 Å². The molecule has 7 heteroatoms. The van der Waals surface area contributed by atoms with E-state index in [0.717, 1.165) is 5.56 Å². The Morgan fingerprint density at radius 1 is 1.27 bits per heavy atom. The van der Waals surface area contributed by atoms with Crippen LogP contribution in [0.1, 0.15) is 17.2 Å². The first-order valence-corrected chi connectivity index (χ1v) is 8.48. The molecule has 0 aliphatic rings. The summed E-state index contributed by atoms with van der Waals surface area (Å²) < 4.78 is 1.26. The number of para-hydroxylation sites is 1. The van der Waals surface area contributed by atoms with Gasteiger partial charge in [0.15, 0.2) is 0 Å². The van der Waals surface area contributed by atoms with Crippen molar-refractivity contribution in [3.63, 3.8) is 0 Å². The molecule has 1 heterocycles. The number of rotatable bonds is 5. The van der Waals surface area contributed by atoms with Gasteiger partial charge in [-0.1, -0.05) is 35.9 Å². The minimum atomic E-state index is -0.856. The average Bonchev–Trinajstić information content (AvgIpc) is 2.63. The number of fused-ring (bicyclic) bond motifs is 1. The van der Waals surface area contributed by atoms with Gasteiger partial charge in [0, 0.05) is 11.6 Å². The molecule has 0 bridgehead atoms. The quantitative estimate of drug-likeness (QED) is 0.720. The highest BCUT2D eigenvalue weighted by molar-refractivity contribution is 6.30. The first-order valence-electron chi connectivity index (χ1n) is 8.10. The Morgan fingerprint density at radius 3 is 2.73 bits per heavy atom. The molecule has 0 spiro atoms. The van der Waals surface area contributed by atoms with Gasteiger partial charge in [-0.15, -0.1) is 0 Å². The molecule has 1 atom stereocenters. The van der Waals surface area contributed by atoms with Crippen molar-refractivity contribution in [1.29, 1.82) is 0 Å². The van der Waals surface area contributed by atoms with Gasteiger partial charge < -0.3 is 10.4 Å². The Hall–Kier alpha value is -2.70. The minimum absolute atomic E-state index is 0.0370. The standard InChI is InChI=1S/C19H18ClN3O3/c1-12-3-2-4-15-18(12)22-11-23(19(15)26)10-17(25)21-9-16(24)13-5-7-14(20)8-6-13/h2-8,11,16,24H,9-10H2,1H3,(H,21,25). The number of aliphatic hydroxyl groups excluding tert-OH is 1. The fourth-order valence-electron chi connectivity index (χ4n) is 2.67. The monoisotopic (exact) mass is 371 g/mol. The van der Waals surface area contributed by atoms with Crippen molar-refractivity contribution in [1.82, 2.24) is 14.9 Å². The highest BCUT2D eigenvalue weighted by atomic mass is 35.5. The first kappa shape index (κ1) is 18.1. The van der Waals surface area contributed by atoms with Crippen molar-refractivity contribution in [2.45, 2.75) is 19.6 Å². The molecular weight excluding hydrogens is 354 g/mol. The second kappa shape index (κ2) is 7.68. The van der Waals surface area contributed by atoms with Gasteiger partial charge in [-0.25, -0.2) is 4.98 Å². The van der Waals surface area contributed by atoms with E-state index in [2.05, 4.69) is 10.3 Å². The lowest BCUT2D eigenvalue weighted by Crippen LogP contribution is -2.34. The Bertz CT molecular complexity index is 999. The van der Waals surface area contributed by atoms with Crippen molar-refractivity contribution in [2.75, 3.05) is 6.54 Å². The predicted octanol–water partition coefficient (Wildman–Crippen LogP) is 2.21. The molecule has 3 rings (SSSR count). The van der Waals surface area contributed by atoms with E-state index in [-0.39, 0.29) is 24.6 Å². The maximum absolute atomic E-state index is 12.5. The van der Waals surface area contributed by atoms with E-state index in [0.29, 0.717) is 21.5 Å². The van der Waals surface area contributed by atoms with Crippen LogP contribution in [0.2, 0.25) is 5.02 Å². The Balaban J connectivity index is 1.67. The van der Waals surface area contributed by atoms with Gasteiger partial charge >= 0.3 is 0 Å². The van der Waals surface area contributed by atoms with Crippen LogP contribution in [-0.4, -0.2) is 27.1 Å². The second-order valence-corrected chi connectivity index (χ2v) is 6.46. The summed E-state index contributed by atoms with van der Waals surface area (Å²) in [5, 5.41) is 13.8. The second-order valence-electron chi connectivity index (χ2n) is 6.02. The molecular formula is C19H18ClN3O3. The molecule has 3 aromatic rings. The van der Waals surface area contributed by atoms with Crippen LogP contribution in [0.3, 0.4) is 0 Å².